The first kappa shape index (κ1) is 23.2. The van der Waals surface area contributed by atoms with E-state index >= 15 is 0 Å². The van der Waals surface area contributed by atoms with Crippen molar-refractivity contribution < 1.29 is 13.2 Å². The highest BCUT2D eigenvalue weighted by Gasteiger charge is 2.66. The SMILES string of the molecule is CN([C@@H]1CCC2=CC3=CC[C@]4(C)[C@@H](c5ccc6ccccc6c5)CC[C@H]4[C@@]34CC[C@]2(C1)O4)S(C)(=O)=O. The Morgan fingerprint density at radius 1 is 1.03 bits per heavy atom. The van der Waals surface area contributed by atoms with Crippen LogP contribution >= 0.6 is 0 Å². The lowest BCUT2D eigenvalue weighted by atomic mass is 9.58. The molecule has 2 saturated carbocycles. The van der Waals surface area contributed by atoms with Gasteiger partial charge in [-0.3, -0.25) is 0 Å². The van der Waals surface area contributed by atoms with E-state index in [-0.39, 0.29) is 22.7 Å². The summed E-state index contributed by atoms with van der Waals surface area (Å²) in [7, 11) is -1.47. The lowest BCUT2D eigenvalue weighted by Gasteiger charge is -2.54. The highest BCUT2D eigenvalue weighted by atomic mass is 32.2. The average molecular weight is 504 g/mol. The summed E-state index contributed by atoms with van der Waals surface area (Å²) in [5, 5.41) is 2.64. The van der Waals surface area contributed by atoms with Gasteiger partial charge in [-0.1, -0.05) is 61.5 Å². The van der Waals surface area contributed by atoms with Crippen molar-refractivity contribution in [2.75, 3.05) is 13.3 Å². The fourth-order valence-electron chi connectivity index (χ4n) is 8.94. The van der Waals surface area contributed by atoms with Gasteiger partial charge in [0.1, 0.15) is 0 Å². The van der Waals surface area contributed by atoms with E-state index in [1.807, 2.05) is 0 Å². The summed E-state index contributed by atoms with van der Waals surface area (Å²) in [6, 6.07) is 15.8. The number of hydrogen-bond acceptors (Lipinski definition) is 3. The molecular weight excluding hydrogens is 466 g/mol. The monoisotopic (exact) mass is 503 g/mol. The Kier molecular flexibility index (Phi) is 4.86. The Hall–Kier alpha value is -1.95. The molecular formula is C31H37NO3S. The minimum Gasteiger partial charge on any atom is -0.359 e. The lowest BCUT2D eigenvalue weighted by Crippen LogP contribution is -2.55. The molecule has 3 fully saturated rings. The maximum atomic E-state index is 12.3. The summed E-state index contributed by atoms with van der Waals surface area (Å²) in [5.41, 5.74) is 3.96. The van der Waals surface area contributed by atoms with E-state index in [0.717, 1.165) is 38.5 Å². The molecule has 4 nitrogen and oxygen atoms in total. The van der Waals surface area contributed by atoms with Crippen LogP contribution in [0.2, 0.25) is 0 Å². The van der Waals surface area contributed by atoms with Crippen LogP contribution in [-0.4, -0.2) is 43.3 Å². The van der Waals surface area contributed by atoms with Gasteiger partial charge >= 0.3 is 0 Å². The van der Waals surface area contributed by atoms with E-state index in [9.17, 15) is 8.42 Å². The molecule has 2 aromatic carbocycles. The number of allylic oxidation sites excluding steroid dienone is 1. The molecule has 2 heterocycles. The number of fused-ring (bicyclic) bond motifs is 2. The van der Waals surface area contributed by atoms with Crippen LogP contribution in [0.5, 0.6) is 0 Å². The molecule has 0 aromatic heterocycles. The molecule has 5 aliphatic rings. The first-order valence-electron chi connectivity index (χ1n) is 13.7. The second kappa shape index (κ2) is 7.55. The van der Waals surface area contributed by atoms with Crippen LogP contribution < -0.4 is 0 Å². The molecule has 0 unspecified atom stereocenters. The third kappa shape index (κ3) is 3.09. The van der Waals surface area contributed by atoms with Gasteiger partial charge in [-0.15, -0.1) is 0 Å². The Morgan fingerprint density at radius 3 is 2.64 bits per heavy atom. The third-order valence-corrected chi connectivity index (χ3v) is 12.2. The molecule has 2 spiro atoms. The van der Waals surface area contributed by atoms with E-state index in [1.165, 1.54) is 46.6 Å². The number of hydrogen-bond donors (Lipinski definition) is 0. The summed E-state index contributed by atoms with van der Waals surface area (Å²) >= 11 is 0. The molecule has 0 N–H and O–H groups in total. The molecule has 2 aliphatic heterocycles. The number of rotatable bonds is 3. The van der Waals surface area contributed by atoms with Gasteiger partial charge < -0.3 is 4.74 Å². The maximum Gasteiger partial charge on any atom is 0.211 e. The average Bonchev–Trinajstić information content (AvgIpc) is 3.37. The van der Waals surface area contributed by atoms with E-state index < -0.39 is 10.0 Å². The van der Waals surface area contributed by atoms with Gasteiger partial charge in [0.05, 0.1) is 17.5 Å². The predicted octanol–water partition coefficient (Wildman–Crippen LogP) is 6.34. The van der Waals surface area contributed by atoms with Gasteiger partial charge in [0.15, 0.2) is 0 Å². The van der Waals surface area contributed by atoms with Gasteiger partial charge in [-0.2, -0.15) is 0 Å². The van der Waals surface area contributed by atoms with Crippen molar-refractivity contribution in [3.63, 3.8) is 0 Å². The van der Waals surface area contributed by atoms with E-state index in [4.69, 9.17) is 4.74 Å². The van der Waals surface area contributed by atoms with Crippen LogP contribution in [0.3, 0.4) is 0 Å². The standard InChI is InChI=1S/C31H37NO3S/c1-29-15-14-25-19-24-10-11-26(32(2)36(3,33)34)20-30(24)16-17-31(25,35-30)28(29)13-12-27(29)23-9-8-21-6-4-5-7-22(21)18-23/h4-9,14,18-19,26-28H,10-13,15-17,20H2,1-3H3/t26-,27-,28-,29-,30-,31-/m1/s1. The minimum absolute atomic E-state index is 0.0155. The molecule has 7 rings (SSSR count). The van der Waals surface area contributed by atoms with Gasteiger partial charge in [-0.05, 0) is 96.1 Å². The number of sulfonamides is 1. The predicted molar refractivity (Wildman–Crippen MR) is 144 cm³/mol. The van der Waals surface area contributed by atoms with Gasteiger partial charge in [0.25, 0.3) is 0 Å². The van der Waals surface area contributed by atoms with Gasteiger partial charge in [-0.25, -0.2) is 12.7 Å². The third-order valence-electron chi connectivity index (χ3n) is 10.9. The zero-order valence-corrected chi connectivity index (χ0v) is 22.5. The molecule has 1 saturated heterocycles. The highest BCUT2D eigenvalue weighted by Crippen LogP contribution is 2.69. The van der Waals surface area contributed by atoms with Crippen molar-refractivity contribution in [2.45, 2.75) is 81.5 Å². The van der Waals surface area contributed by atoms with Crippen molar-refractivity contribution in [2.24, 2.45) is 11.3 Å². The largest absolute Gasteiger partial charge is 0.359 e. The van der Waals surface area contributed by atoms with E-state index in [2.05, 4.69) is 61.5 Å². The molecule has 190 valence electrons. The zero-order valence-electron chi connectivity index (χ0n) is 21.7. The maximum absolute atomic E-state index is 12.3. The Morgan fingerprint density at radius 2 is 1.83 bits per heavy atom. The van der Waals surface area contributed by atoms with Crippen LogP contribution in [0, 0.1) is 11.3 Å². The molecule has 5 heteroatoms. The van der Waals surface area contributed by atoms with Crippen LogP contribution in [0.1, 0.15) is 69.8 Å². The minimum atomic E-state index is -3.22. The summed E-state index contributed by atoms with van der Waals surface area (Å²) in [6.07, 6.45) is 14.5. The molecule has 3 aliphatic carbocycles. The number of ether oxygens (including phenoxy) is 1. The molecule has 2 aromatic rings. The highest BCUT2D eigenvalue weighted by molar-refractivity contribution is 7.88. The topological polar surface area (TPSA) is 46.6 Å². The second-order valence-corrected chi connectivity index (χ2v) is 14.5. The van der Waals surface area contributed by atoms with Crippen LogP contribution in [-0.2, 0) is 14.8 Å². The lowest BCUT2D eigenvalue weighted by molar-refractivity contribution is -0.138. The van der Waals surface area contributed by atoms with Crippen molar-refractivity contribution in [1.29, 1.82) is 0 Å². The molecule has 0 amide bonds. The van der Waals surface area contributed by atoms with Gasteiger partial charge in [0, 0.05) is 13.1 Å². The molecule has 0 radical (unpaired) electrons. The van der Waals surface area contributed by atoms with Gasteiger partial charge in [0.2, 0.25) is 10.0 Å². The second-order valence-electron chi connectivity index (χ2n) is 12.5. The molecule has 6 atom stereocenters. The Bertz CT molecular complexity index is 1430. The normalized spacial score (nSPS) is 39.4. The zero-order chi connectivity index (χ0) is 24.9. The van der Waals surface area contributed by atoms with Crippen molar-refractivity contribution >= 4 is 20.8 Å². The number of nitrogens with zero attached hydrogens (tertiary/aromatic N) is 1. The summed E-state index contributed by atoms with van der Waals surface area (Å²) in [6.45, 7) is 2.52. The first-order valence-corrected chi connectivity index (χ1v) is 15.5. The van der Waals surface area contributed by atoms with E-state index in [0.29, 0.717) is 11.8 Å². The first-order chi connectivity index (χ1) is 17.1. The Balaban J connectivity index is 1.25. The summed E-state index contributed by atoms with van der Waals surface area (Å²) < 4.78 is 33.6. The van der Waals surface area contributed by atoms with Crippen molar-refractivity contribution in [3.8, 4) is 0 Å². The summed E-state index contributed by atoms with van der Waals surface area (Å²) in [4.78, 5) is 0. The fraction of sp³-hybridized carbons (Fsp3) is 0.548. The van der Waals surface area contributed by atoms with Crippen molar-refractivity contribution in [3.05, 3.63) is 71.3 Å². The van der Waals surface area contributed by atoms with Crippen LogP contribution in [0.4, 0.5) is 0 Å². The smallest absolute Gasteiger partial charge is 0.211 e. The fourth-order valence-corrected chi connectivity index (χ4v) is 9.66. The quantitative estimate of drug-likeness (QED) is 0.491. The Labute approximate surface area is 215 Å². The molecule has 36 heavy (non-hydrogen) atoms. The number of benzene rings is 2. The van der Waals surface area contributed by atoms with Crippen molar-refractivity contribution in [1.82, 2.24) is 4.31 Å². The van der Waals surface area contributed by atoms with E-state index in [1.54, 1.807) is 11.4 Å². The molecule has 2 bridgehead atoms. The van der Waals surface area contributed by atoms with Crippen LogP contribution in [0.25, 0.3) is 10.8 Å². The summed E-state index contributed by atoms with van der Waals surface area (Å²) in [5.74, 6) is 1.02. The van der Waals surface area contributed by atoms with Crippen LogP contribution in [0.15, 0.2) is 65.8 Å².